The molecule has 1 aliphatic rings. The first kappa shape index (κ1) is 9.72. The largest absolute Gasteiger partial charge is 0.373 e. The van der Waals surface area contributed by atoms with Crippen LogP contribution in [0.15, 0.2) is 18.2 Å². The van der Waals surface area contributed by atoms with Crippen molar-refractivity contribution in [2.45, 2.75) is 38.7 Å². The molecule has 2 rings (SSSR count). The van der Waals surface area contributed by atoms with Gasteiger partial charge < -0.3 is 4.74 Å². The van der Waals surface area contributed by atoms with Crippen LogP contribution in [0.3, 0.4) is 0 Å². The quantitative estimate of drug-likeness (QED) is 0.652. The standard InChI is InChI=1S/C13H17O/c1-13(2,3)11-6-4-5-10(7-11)8-12-9-14-12/h4,6-7,12H,8-9H2,1-3H3. The zero-order valence-electron chi connectivity index (χ0n) is 9.13. The number of epoxide rings is 1. The summed E-state index contributed by atoms with van der Waals surface area (Å²) in [7, 11) is 0. The smallest absolute Gasteiger partial charge is 0.0850 e. The molecule has 1 radical (unpaired) electrons. The summed E-state index contributed by atoms with van der Waals surface area (Å²) in [4.78, 5) is 0. The van der Waals surface area contributed by atoms with Gasteiger partial charge in [0.25, 0.3) is 0 Å². The van der Waals surface area contributed by atoms with E-state index in [1.54, 1.807) is 0 Å². The fourth-order valence-corrected chi connectivity index (χ4v) is 1.53. The molecule has 1 unspecified atom stereocenters. The predicted molar refractivity (Wildman–Crippen MR) is 57.4 cm³/mol. The van der Waals surface area contributed by atoms with Crippen molar-refractivity contribution in [1.29, 1.82) is 0 Å². The summed E-state index contributed by atoms with van der Waals surface area (Å²) in [5, 5.41) is 0. The molecule has 75 valence electrons. The minimum Gasteiger partial charge on any atom is -0.373 e. The molecule has 1 heteroatoms. The van der Waals surface area contributed by atoms with Crippen molar-refractivity contribution in [1.82, 2.24) is 0 Å². The lowest BCUT2D eigenvalue weighted by molar-refractivity contribution is 0.407. The lowest BCUT2D eigenvalue weighted by atomic mass is 9.86. The highest BCUT2D eigenvalue weighted by Crippen LogP contribution is 2.24. The van der Waals surface area contributed by atoms with Gasteiger partial charge in [0, 0.05) is 6.42 Å². The summed E-state index contributed by atoms with van der Waals surface area (Å²) in [5.41, 5.74) is 2.89. The monoisotopic (exact) mass is 189 g/mol. The number of benzene rings is 1. The number of hydrogen-bond acceptors (Lipinski definition) is 1. The Morgan fingerprint density at radius 2 is 2.21 bits per heavy atom. The zero-order chi connectivity index (χ0) is 10.2. The first-order valence-electron chi connectivity index (χ1n) is 5.18. The zero-order valence-corrected chi connectivity index (χ0v) is 9.13. The molecule has 0 amide bonds. The van der Waals surface area contributed by atoms with E-state index in [2.05, 4.69) is 39.0 Å². The van der Waals surface area contributed by atoms with Crippen LogP contribution in [0.4, 0.5) is 0 Å². The Labute approximate surface area is 86.1 Å². The van der Waals surface area contributed by atoms with E-state index >= 15 is 0 Å². The van der Waals surface area contributed by atoms with Gasteiger partial charge in [-0.25, -0.2) is 0 Å². The molecular weight excluding hydrogens is 172 g/mol. The van der Waals surface area contributed by atoms with Crippen molar-refractivity contribution in [3.05, 3.63) is 35.4 Å². The molecule has 1 nitrogen and oxygen atoms in total. The van der Waals surface area contributed by atoms with E-state index in [9.17, 15) is 0 Å². The van der Waals surface area contributed by atoms with Gasteiger partial charge in [0.2, 0.25) is 0 Å². The number of rotatable bonds is 2. The molecule has 0 spiro atoms. The maximum atomic E-state index is 5.22. The topological polar surface area (TPSA) is 12.5 Å². The van der Waals surface area contributed by atoms with Gasteiger partial charge >= 0.3 is 0 Å². The third-order valence-electron chi connectivity index (χ3n) is 2.58. The maximum Gasteiger partial charge on any atom is 0.0850 e. The van der Waals surface area contributed by atoms with Gasteiger partial charge in [-0.2, -0.15) is 0 Å². The highest BCUT2D eigenvalue weighted by molar-refractivity contribution is 5.28. The van der Waals surface area contributed by atoms with Gasteiger partial charge in [-0.1, -0.05) is 39.0 Å². The molecule has 0 N–H and O–H groups in total. The molecule has 14 heavy (non-hydrogen) atoms. The van der Waals surface area contributed by atoms with E-state index in [4.69, 9.17) is 4.74 Å². The Kier molecular flexibility index (Phi) is 2.36. The lowest BCUT2D eigenvalue weighted by Gasteiger charge is -2.19. The minimum atomic E-state index is 0.230. The minimum absolute atomic E-state index is 0.230. The fourth-order valence-electron chi connectivity index (χ4n) is 1.53. The van der Waals surface area contributed by atoms with Crippen LogP contribution in [-0.4, -0.2) is 12.7 Å². The molecule has 1 aromatic carbocycles. The first-order valence-corrected chi connectivity index (χ1v) is 5.18. The summed E-state index contributed by atoms with van der Waals surface area (Å²) < 4.78 is 5.22. The molecule has 1 fully saturated rings. The fraction of sp³-hybridized carbons (Fsp3) is 0.538. The van der Waals surface area contributed by atoms with Crippen LogP contribution in [0.2, 0.25) is 0 Å². The van der Waals surface area contributed by atoms with Crippen LogP contribution in [0.5, 0.6) is 0 Å². The molecule has 0 aromatic heterocycles. The van der Waals surface area contributed by atoms with Gasteiger partial charge in [-0.05, 0) is 22.6 Å². The van der Waals surface area contributed by atoms with Crippen molar-refractivity contribution in [3.63, 3.8) is 0 Å². The van der Waals surface area contributed by atoms with Crippen LogP contribution >= 0.6 is 0 Å². The lowest BCUT2D eigenvalue weighted by Crippen LogP contribution is -2.11. The highest BCUT2D eigenvalue weighted by Gasteiger charge is 2.23. The molecular formula is C13H17O. The molecule has 0 aliphatic carbocycles. The van der Waals surface area contributed by atoms with Crippen LogP contribution in [0.25, 0.3) is 0 Å². The van der Waals surface area contributed by atoms with E-state index < -0.39 is 0 Å². The first-order chi connectivity index (χ1) is 6.55. The second-order valence-electron chi connectivity index (χ2n) is 5.01. The number of ether oxygens (including phenoxy) is 1. The average Bonchev–Trinajstić information content (AvgIpc) is 2.87. The van der Waals surface area contributed by atoms with Crippen molar-refractivity contribution in [3.8, 4) is 0 Å². The van der Waals surface area contributed by atoms with Crippen molar-refractivity contribution in [2.75, 3.05) is 6.61 Å². The molecule has 0 bridgehead atoms. The molecule has 1 atom stereocenters. The Hall–Kier alpha value is -0.820. The Morgan fingerprint density at radius 1 is 1.50 bits per heavy atom. The van der Waals surface area contributed by atoms with E-state index in [-0.39, 0.29) is 5.41 Å². The van der Waals surface area contributed by atoms with E-state index in [0.717, 1.165) is 13.0 Å². The maximum absolute atomic E-state index is 5.22. The predicted octanol–water partition coefficient (Wildman–Crippen LogP) is 2.73. The van der Waals surface area contributed by atoms with Gasteiger partial charge in [0.15, 0.2) is 0 Å². The van der Waals surface area contributed by atoms with Gasteiger partial charge in [0.1, 0.15) is 0 Å². The van der Waals surface area contributed by atoms with Crippen LogP contribution < -0.4 is 0 Å². The Bertz CT molecular complexity index is 318. The normalized spacial score (nSPS) is 20.9. The van der Waals surface area contributed by atoms with E-state index in [1.807, 2.05) is 6.07 Å². The van der Waals surface area contributed by atoms with Crippen molar-refractivity contribution in [2.24, 2.45) is 0 Å². The average molecular weight is 189 g/mol. The summed E-state index contributed by atoms with van der Waals surface area (Å²) in [6.45, 7) is 7.63. The third kappa shape index (κ3) is 2.36. The molecule has 0 saturated carbocycles. The van der Waals surface area contributed by atoms with Crippen LogP contribution in [-0.2, 0) is 16.6 Å². The Morgan fingerprint density at radius 3 is 2.79 bits per heavy atom. The summed E-state index contributed by atoms with van der Waals surface area (Å²) in [6.07, 6.45) is 1.48. The summed E-state index contributed by atoms with van der Waals surface area (Å²) in [6, 6.07) is 9.70. The summed E-state index contributed by atoms with van der Waals surface area (Å²) >= 11 is 0. The van der Waals surface area contributed by atoms with E-state index in [0.29, 0.717) is 6.10 Å². The highest BCUT2D eigenvalue weighted by atomic mass is 16.6. The van der Waals surface area contributed by atoms with Crippen molar-refractivity contribution < 1.29 is 4.74 Å². The molecule has 1 heterocycles. The SMILES string of the molecule is CC(C)(C)c1cc[c]c(CC2CO2)c1. The van der Waals surface area contributed by atoms with Gasteiger partial charge in [-0.3, -0.25) is 0 Å². The van der Waals surface area contributed by atoms with Crippen LogP contribution in [0.1, 0.15) is 31.9 Å². The van der Waals surface area contributed by atoms with E-state index in [1.165, 1.54) is 11.1 Å². The molecule has 1 aliphatic heterocycles. The Balaban J connectivity index is 2.17. The molecule has 1 aromatic rings. The van der Waals surface area contributed by atoms with Crippen molar-refractivity contribution >= 4 is 0 Å². The molecule has 1 saturated heterocycles. The number of hydrogen-bond donors (Lipinski definition) is 0. The third-order valence-corrected chi connectivity index (χ3v) is 2.58. The van der Waals surface area contributed by atoms with Gasteiger partial charge in [-0.15, -0.1) is 0 Å². The van der Waals surface area contributed by atoms with Crippen LogP contribution in [0, 0.1) is 6.07 Å². The summed E-state index contributed by atoms with van der Waals surface area (Å²) in [5.74, 6) is 0. The van der Waals surface area contributed by atoms with Gasteiger partial charge in [0.05, 0.1) is 12.7 Å². The second kappa shape index (κ2) is 3.39. The second-order valence-corrected chi connectivity index (χ2v) is 5.01.